The summed E-state index contributed by atoms with van der Waals surface area (Å²) < 4.78 is 1.60. The fourth-order valence-electron chi connectivity index (χ4n) is 1.99. The van der Waals surface area contributed by atoms with Crippen LogP contribution in [0.25, 0.3) is 0 Å². The molecule has 19 heavy (non-hydrogen) atoms. The number of rotatable bonds is 3. The molecule has 0 aliphatic carbocycles. The third-order valence-corrected chi connectivity index (χ3v) is 3.67. The molecule has 6 heteroatoms. The molecule has 2 rings (SSSR count). The summed E-state index contributed by atoms with van der Waals surface area (Å²) in [6.07, 6.45) is 0. The highest BCUT2D eigenvalue weighted by Gasteiger charge is 2.18. The second-order valence-corrected chi connectivity index (χ2v) is 5.02. The maximum Gasteiger partial charge on any atom is 0.339 e. The van der Waals surface area contributed by atoms with Gasteiger partial charge in [0, 0.05) is 15.6 Å². The topological polar surface area (TPSA) is 55.1 Å². The molecule has 1 aromatic heterocycles. The van der Waals surface area contributed by atoms with E-state index in [-0.39, 0.29) is 5.56 Å². The van der Waals surface area contributed by atoms with Crippen LogP contribution in [-0.2, 0) is 6.54 Å². The van der Waals surface area contributed by atoms with Gasteiger partial charge < -0.3 is 5.11 Å². The predicted octanol–water partition coefficient (Wildman–Crippen LogP) is 3.55. The zero-order valence-corrected chi connectivity index (χ0v) is 12.0. The molecule has 0 amide bonds. The number of benzene rings is 1. The van der Waals surface area contributed by atoms with Crippen LogP contribution >= 0.6 is 23.2 Å². The van der Waals surface area contributed by atoms with E-state index in [2.05, 4.69) is 5.10 Å². The van der Waals surface area contributed by atoms with Crippen LogP contribution in [0.5, 0.6) is 0 Å². The summed E-state index contributed by atoms with van der Waals surface area (Å²) in [5, 5.41) is 14.4. The minimum atomic E-state index is -0.980. The Hall–Kier alpha value is -1.52. The maximum absolute atomic E-state index is 11.1. The SMILES string of the molecule is Cc1nn(Cc2c(Cl)cccc2Cl)c(C)c1C(=O)O. The van der Waals surface area contributed by atoms with Crippen molar-refractivity contribution in [1.82, 2.24) is 9.78 Å². The number of hydrogen-bond donors (Lipinski definition) is 1. The number of carboxylic acid groups (broad SMARTS) is 1. The molecule has 0 fully saturated rings. The maximum atomic E-state index is 11.1. The van der Waals surface area contributed by atoms with E-state index in [1.54, 1.807) is 36.7 Å². The quantitative estimate of drug-likeness (QED) is 0.943. The van der Waals surface area contributed by atoms with Gasteiger partial charge in [0.05, 0.1) is 17.9 Å². The van der Waals surface area contributed by atoms with Gasteiger partial charge in [-0.05, 0) is 26.0 Å². The first kappa shape index (κ1) is 13.9. The van der Waals surface area contributed by atoms with Gasteiger partial charge in [-0.2, -0.15) is 5.10 Å². The van der Waals surface area contributed by atoms with E-state index in [1.165, 1.54) is 0 Å². The van der Waals surface area contributed by atoms with E-state index in [4.69, 9.17) is 28.3 Å². The molecule has 0 aliphatic heterocycles. The van der Waals surface area contributed by atoms with Crippen molar-refractivity contribution in [1.29, 1.82) is 0 Å². The van der Waals surface area contributed by atoms with Crippen molar-refractivity contribution in [2.75, 3.05) is 0 Å². The van der Waals surface area contributed by atoms with Crippen LogP contribution in [0.4, 0.5) is 0 Å². The Kier molecular flexibility index (Phi) is 3.83. The first-order valence-electron chi connectivity index (χ1n) is 5.62. The molecule has 0 bridgehead atoms. The summed E-state index contributed by atoms with van der Waals surface area (Å²) in [6.45, 7) is 3.73. The summed E-state index contributed by atoms with van der Waals surface area (Å²) in [5.74, 6) is -0.980. The molecular formula is C13H12Cl2N2O2. The number of aryl methyl sites for hydroxylation is 1. The molecule has 0 radical (unpaired) electrons. The van der Waals surface area contributed by atoms with Crippen LogP contribution in [-0.4, -0.2) is 20.9 Å². The summed E-state index contributed by atoms with van der Waals surface area (Å²) in [7, 11) is 0. The molecule has 1 aromatic carbocycles. The lowest BCUT2D eigenvalue weighted by Gasteiger charge is -2.08. The van der Waals surface area contributed by atoms with Gasteiger partial charge in [-0.15, -0.1) is 0 Å². The smallest absolute Gasteiger partial charge is 0.339 e. The number of nitrogens with zero attached hydrogens (tertiary/aromatic N) is 2. The van der Waals surface area contributed by atoms with Gasteiger partial charge in [-0.25, -0.2) is 4.79 Å². The van der Waals surface area contributed by atoms with E-state index in [0.717, 1.165) is 5.56 Å². The van der Waals surface area contributed by atoms with Crippen LogP contribution in [0.3, 0.4) is 0 Å². The second-order valence-electron chi connectivity index (χ2n) is 4.21. The number of carbonyl (C=O) groups is 1. The molecule has 2 aromatic rings. The van der Waals surface area contributed by atoms with Gasteiger partial charge in [-0.3, -0.25) is 4.68 Å². The first-order valence-corrected chi connectivity index (χ1v) is 6.37. The molecule has 4 nitrogen and oxygen atoms in total. The Morgan fingerprint density at radius 2 is 1.89 bits per heavy atom. The highest BCUT2D eigenvalue weighted by molar-refractivity contribution is 6.35. The van der Waals surface area contributed by atoms with Gasteiger partial charge in [0.1, 0.15) is 5.56 Å². The molecule has 1 N–H and O–H groups in total. The van der Waals surface area contributed by atoms with Gasteiger partial charge in [-0.1, -0.05) is 29.3 Å². The average molecular weight is 299 g/mol. The molecule has 0 aliphatic rings. The molecule has 0 saturated carbocycles. The number of carboxylic acids is 1. The van der Waals surface area contributed by atoms with Crippen molar-refractivity contribution in [2.45, 2.75) is 20.4 Å². The number of halogens is 2. The lowest BCUT2D eigenvalue weighted by Crippen LogP contribution is -2.06. The first-order chi connectivity index (χ1) is 8.91. The Balaban J connectivity index is 2.45. The van der Waals surface area contributed by atoms with Crippen LogP contribution in [0, 0.1) is 13.8 Å². The fraction of sp³-hybridized carbons (Fsp3) is 0.231. The Bertz CT molecular complexity index is 630. The summed E-state index contributed by atoms with van der Waals surface area (Å²) in [6, 6.07) is 5.25. The van der Waals surface area contributed by atoms with Crippen LogP contribution in [0.15, 0.2) is 18.2 Å². The summed E-state index contributed by atoms with van der Waals surface area (Å²) in [5.41, 5.74) is 2.02. The van der Waals surface area contributed by atoms with E-state index in [1.807, 2.05) is 0 Å². The summed E-state index contributed by atoms with van der Waals surface area (Å²) in [4.78, 5) is 11.1. The van der Waals surface area contributed by atoms with Crippen LogP contribution < -0.4 is 0 Å². The minimum absolute atomic E-state index is 0.225. The molecule has 0 unspecified atom stereocenters. The van der Waals surface area contributed by atoms with Crippen LogP contribution in [0.1, 0.15) is 27.3 Å². The third-order valence-electron chi connectivity index (χ3n) is 2.96. The summed E-state index contributed by atoms with van der Waals surface area (Å²) >= 11 is 12.2. The highest BCUT2D eigenvalue weighted by Crippen LogP contribution is 2.26. The Labute approximate surface area is 120 Å². The van der Waals surface area contributed by atoms with E-state index in [9.17, 15) is 4.79 Å². The normalized spacial score (nSPS) is 10.7. The van der Waals surface area contributed by atoms with Crippen molar-refractivity contribution in [2.24, 2.45) is 0 Å². The third kappa shape index (κ3) is 2.60. The molecular weight excluding hydrogens is 287 g/mol. The lowest BCUT2D eigenvalue weighted by molar-refractivity contribution is 0.0695. The standard InChI is InChI=1S/C13H12Cl2N2O2/c1-7-12(13(18)19)8(2)17(16-7)6-9-10(14)4-3-5-11(9)15/h3-5H,6H2,1-2H3,(H,18,19). The van der Waals surface area contributed by atoms with Gasteiger partial charge in [0.2, 0.25) is 0 Å². The monoisotopic (exact) mass is 298 g/mol. The van der Waals surface area contributed by atoms with E-state index in [0.29, 0.717) is 28.0 Å². The second kappa shape index (κ2) is 5.23. The minimum Gasteiger partial charge on any atom is -0.478 e. The van der Waals surface area contributed by atoms with Crippen molar-refractivity contribution in [3.63, 3.8) is 0 Å². The predicted molar refractivity (Wildman–Crippen MR) is 74.2 cm³/mol. The molecule has 0 saturated heterocycles. The number of aromatic carboxylic acids is 1. The zero-order valence-electron chi connectivity index (χ0n) is 10.4. The molecule has 0 atom stereocenters. The molecule has 1 heterocycles. The van der Waals surface area contributed by atoms with Crippen molar-refractivity contribution >= 4 is 29.2 Å². The molecule has 0 spiro atoms. The Morgan fingerprint density at radius 1 is 1.32 bits per heavy atom. The lowest BCUT2D eigenvalue weighted by atomic mass is 10.2. The Morgan fingerprint density at radius 3 is 2.37 bits per heavy atom. The average Bonchev–Trinajstić information content (AvgIpc) is 2.59. The highest BCUT2D eigenvalue weighted by atomic mass is 35.5. The van der Waals surface area contributed by atoms with E-state index < -0.39 is 5.97 Å². The van der Waals surface area contributed by atoms with Gasteiger partial charge in [0.15, 0.2) is 0 Å². The van der Waals surface area contributed by atoms with Crippen molar-refractivity contribution in [3.8, 4) is 0 Å². The van der Waals surface area contributed by atoms with Crippen molar-refractivity contribution in [3.05, 3.63) is 50.8 Å². The van der Waals surface area contributed by atoms with Crippen LogP contribution in [0.2, 0.25) is 10.0 Å². The number of aromatic nitrogens is 2. The largest absolute Gasteiger partial charge is 0.478 e. The van der Waals surface area contributed by atoms with E-state index >= 15 is 0 Å². The fourth-order valence-corrected chi connectivity index (χ4v) is 2.51. The molecule has 100 valence electrons. The van der Waals surface area contributed by atoms with Crippen molar-refractivity contribution < 1.29 is 9.90 Å². The van der Waals surface area contributed by atoms with Gasteiger partial charge >= 0.3 is 5.97 Å². The number of hydrogen-bond acceptors (Lipinski definition) is 2. The van der Waals surface area contributed by atoms with Gasteiger partial charge in [0.25, 0.3) is 0 Å². The zero-order chi connectivity index (χ0) is 14.2.